The topological polar surface area (TPSA) is 87.0 Å². The highest BCUT2D eigenvalue weighted by Crippen LogP contribution is 2.21. The number of thiazole rings is 1. The molecule has 1 heterocycles. The van der Waals surface area contributed by atoms with Crippen molar-refractivity contribution in [1.29, 1.82) is 5.26 Å². The van der Waals surface area contributed by atoms with Crippen molar-refractivity contribution in [2.75, 3.05) is 25.1 Å². The Labute approximate surface area is 128 Å². The first kappa shape index (κ1) is 17.1. The second-order valence-electron chi connectivity index (χ2n) is 4.28. The fourth-order valence-electron chi connectivity index (χ4n) is 1.43. The normalized spacial score (nSPS) is 11.0. The summed E-state index contributed by atoms with van der Waals surface area (Å²) < 4.78 is 5.17. The van der Waals surface area contributed by atoms with E-state index in [9.17, 15) is 4.79 Å². The Morgan fingerprint density at radius 3 is 2.86 bits per heavy atom. The molecule has 1 aromatic heterocycles. The van der Waals surface area contributed by atoms with Gasteiger partial charge in [-0.05, 0) is 27.2 Å². The van der Waals surface area contributed by atoms with E-state index in [0.717, 1.165) is 17.0 Å². The van der Waals surface area contributed by atoms with E-state index in [2.05, 4.69) is 15.6 Å². The van der Waals surface area contributed by atoms with Crippen molar-refractivity contribution in [3.8, 4) is 6.07 Å². The predicted octanol–water partition coefficient (Wildman–Crippen LogP) is 2.12. The number of hydrogen-bond donors (Lipinski definition) is 2. The first-order valence-corrected chi connectivity index (χ1v) is 7.57. The van der Waals surface area contributed by atoms with E-state index in [-0.39, 0.29) is 5.57 Å². The van der Waals surface area contributed by atoms with Crippen LogP contribution in [-0.2, 0) is 9.53 Å². The summed E-state index contributed by atoms with van der Waals surface area (Å²) in [6, 6.07) is 1.88. The molecule has 0 atom stereocenters. The van der Waals surface area contributed by atoms with Gasteiger partial charge in [0, 0.05) is 30.8 Å². The van der Waals surface area contributed by atoms with Gasteiger partial charge in [-0.25, -0.2) is 4.98 Å². The third-order valence-corrected chi connectivity index (χ3v) is 3.69. The number of aryl methyl sites for hydroxylation is 2. The molecule has 6 nitrogen and oxygen atoms in total. The number of ether oxygens (including phenoxy) is 1. The molecule has 2 N–H and O–H groups in total. The molecule has 114 valence electrons. The number of anilines is 1. The minimum atomic E-state index is -0.397. The molecule has 1 amide bonds. The standard InChI is InChI=1S/C14H20N4O2S/c1-4-20-7-5-6-16-13(19)12(8-15)9-17-14-18-10(2)11(3)21-14/h9H,4-7H2,1-3H3,(H,16,19)(H,17,18)/b12-9-. The van der Waals surface area contributed by atoms with Crippen LogP contribution < -0.4 is 10.6 Å². The monoisotopic (exact) mass is 308 g/mol. The highest BCUT2D eigenvalue weighted by molar-refractivity contribution is 7.15. The van der Waals surface area contributed by atoms with Gasteiger partial charge in [0.2, 0.25) is 0 Å². The van der Waals surface area contributed by atoms with Crippen molar-refractivity contribution in [3.63, 3.8) is 0 Å². The first-order valence-electron chi connectivity index (χ1n) is 6.75. The number of nitrogens with zero attached hydrogens (tertiary/aromatic N) is 2. The molecule has 0 saturated heterocycles. The SMILES string of the molecule is CCOCCCNC(=O)/C(C#N)=C\Nc1nc(C)c(C)s1. The number of hydrogen-bond acceptors (Lipinski definition) is 6. The summed E-state index contributed by atoms with van der Waals surface area (Å²) in [7, 11) is 0. The molecule has 21 heavy (non-hydrogen) atoms. The predicted molar refractivity (Wildman–Crippen MR) is 83.0 cm³/mol. The van der Waals surface area contributed by atoms with Crippen molar-refractivity contribution in [2.45, 2.75) is 27.2 Å². The summed E-state index contributed by atoms with van der Waals surface area (Å²) in [5, 5.41) is 15.2. The fraction of sp³-hybridized carbons (Fsp3) is 0.500. The van der Waals surface area contributed by atoms with Crippen LogP contribution in [0.15, 0.2) is 11.8 Å². The van der Waals surface area contributed by atoms with Gasteiger partial charge in [-0.1, -0.05) is 0 Å². The molecule has 1 aromatic rings. The first-order chi connectivity index (χ1) is 10.1. The largest absolute Gasteiger partial charge is 0.382 e. The lowest BCUT2D eigenvalue weighted by Gasteiger charge is -2.04. The van der Waals surface area contributed by atoms with Gasteiger partial charge in [0.1, 0.15) is 11.6 Å². The minimum Gasteiger partial charge on any atom is -0.382 e. The van der Waals surface area contributed by atoms with Crippen LogP contribution in [0.3, 0.4) is 0 Å². The molecule has 0 spiro atoms. The molecular formula is C14H20N4O2S. The van der Waals surface area contributed by atoms with E-state index in [4.69, 9.17) is 10.00 Å². The van der Waals surface area contributed by atoms with Crippen LogP contribution in [0.2, 0.25) is 0 Å². The number of carbonyl (C=O) groups is 1. The maximum absolute atomic E-state index is 11.8. The molecule has 0 aliphatic heterocycles. The average Bonchev–Trinajstić information content (AvgIpc) is 2.78. The van der Waals surface area contributed by atoms with Crippen LogP contribution >= 0.6 is 11.3 Å². The van der Waals surface area contributed by atoms with Gasteiger partial charge < -0.3 is 15.4 Å². The van der Waals surface area contributed by atoms with Gasteiger partial charge in [-0.2, -0.15) is 5.26 Å². The maximum Gasteiger partial charge on any atom is 0.263 e. The smallest absolute Gasteiger partial charge is 0.263 e. The lowest BCUT2D eigenvalue weighted by atomic mass is 10.3. The summed E-state index contributed by atoms with van der Waals surface area (Å²) in [4.78, 5) is 17.2. The maximum atomic E-state index is 11.8. The molecule has 0 saturated carbocycles. The summed E-state index contributed by atoms with van der Waals surface area (Å²) >= 11 is 1.48. The van der Waals surface area contributed by atoms with Gasteiger partial charge in [0.25, 0.3) is 5.91 Å². The van der Waals surface area contributed by atoms with Gasteiger partial charge in [-0.15, -0.1) is 11.3 Å². The number of nitrogens with one attached hydrogen (secondary N) is 2. The van der Waals surface area contributed by atoms with Crippen LogP contribution in [0, 0.1) is 25.2 Å². The summed E-state index contributed by atoms with van der Waals surface area (Å²) in [6.45, 7) is 7.54. The number of amides is 1. The number of rotatable bonds is 8. The minimum absolute atomic E-state index is 0.0249. The molecule has 0 fully saturated rings. The van der Waals surface area contributed by atoms with Gasteiger partial charge in [0.15, 0.2) is 5.13 Å². The molecular weight excluding hydrogens is 288 g/mol. The van der Waals surface area contributed by atoms with E-state index < -0.39 is 5.91 Å². The summed E-state index contributed by atoms with van der Waals surface area (Å²) in [5.74, 6) is -0.397. The van der Waals surface area contributed by atoms with Crippen molar-refractivity contribution in [2.24, 2.45) is 0 Å². The second kappa shape index (κ2) is 9.10. The molecule has 1 rings (SSSR count). The van der Waals surface area contributed by atoms with E-state index in [0.29, 0.717) is 24.9 Å². The Morgan fingerprint density at radius 1 is 1.52 bits per heavy atom. The summed E-state index contributed by atoms with van der Waals surface area (Å²) in [6.07, 6.45) is 2.10. The number of carbonyl (C=O) groups excluding carboxylic acids is 1. The second-order valence-corrected chi connectivity index (χ2v) is 5.48. The van der Waals surface area contributed by atoms with Crippen LogP contribution in [0.1, 0.15) is 23.9 Å². The Balaban J connectivity index is 2.47. The Bertz CT molecular complexity index is 526. The summed E-state index contributed by atoms with van der Waals surface area (Å²) in [5.41, 5.74) is 0.965. The molecule has 7 heteroatoms. The highest BCUT2D eigenvalue weighted by Gasteiger charge is 2.09. The van der Waals surface area contributed by atoms with E-state index in [1.54, 1.807) is 0 Å². The number of nitriles is 1. The lowest BCUT2D eigenvalue weighted by molar-refractivity contribution is -0.117. The molecule has 0 aromatic carbocycles. The van der Waals surface area contributed by atoms with Crippen LogP contribution in [-0.4, -0.2) is 30.6 Å². The molecule has 0 unspecified atom stereocenters. The van der Waals surface area contributed by atoms with Crippen molar-refractivity contribution in [1.82, 2.24) is 10.3 Å². The van der Waals surface area contributed by atoms with Crippen molar-refractivity contribution in [3.05, 3.63) is 22.3 Å². The van der Waals surface area contributed by atoms with Gasteiger partial charge in [0.05, 0.1) is 5.69 Å². The van der Waals surface area contributed by atoms with E-state index in [1.807, 2.05) is 26.8 Å². The zero-order chi connectivity index (χ0) is 15.7. The van der Waals surface area contributed by atoms with Crippen LogP contribution in [0.25, 0.3) is 0 Å². The van der Waals surface area contributed by atoms with Crippen LogP contribution in [0.5, 0.6) is 0 Å². The molecule has 0 aliphatic carbocycles. The molecule has 0 bridgehead atoms. The van der Waals surface area contributed by atoms with Crippen LogP contribution in [0.4, 0.5) is 5.13 Å². The average molecular weight is 308 g/mol. The molecule has 0 aliphatic rings. The Morgan fingerprint density at radius 2 is 2.29 bits per heavy atom. The van der Waals surface area contributed by atoms with Gasteiger partial charge >= 0.3 is 0 Å². The number of aromatic nitrogens is 1. The van der Waals surface area contributed by atoms with Crippen molar-refractivity contribution < 1.29 is 9.53 Å². The zero-order valence-corrected chi connectivity index (χ0v) is 13.3. The fourth-order valence-corrected chi connectivity index (χ4v) is 2.22. The zero-order valence-electron chi connectivity index (χ0n) is 12.5. The lowest BCUT2D eigenvalue weighted by Crippen LogP contribution is -2.26. The highest BCUT2D eigenvalue weighted by atomic mass is 32.1. The third kappa shape index (κ3) is 5.94. The van der Waals surface area contributed by atoms with E-state index in [1.165, 1.54) is 17.5 Å². The van der Waals surface area contributed by atoms with Crippen molar-refractivity contribution >= 4 is 22.4 Å². The Hall–Kier alpha value is -1.91. The van der Waals surface area contributed by atoms with Gasteiger partial charge in [-0.3, -0.25) is 4.79 Å². The molecule has 0 radical (unpaired) electrons. The third-order valence-electron chi connectivity index (χ3n) is 2.69. The Kier molecular flexibility index (Phi) is 7.43. The van der Waals surface area contributed by atoms with E-state index >= 15 is 0 Å². The quantitative estimate of drug-likeness (QED) is 0.436.